The molecule has 0 radical (unpaired) electrons. The molecule has 0 aromatic carbocycles. The number of nitrogens with zero attached hydrogens (tertiary/aromatic N) is 3. The molecule has 1 saturated heterocycles. The summed E-state index contributed by atoms with van der Waals surface area (Å²) in [5, 5.41) is 12.4. The Balaban J connectivity index is 1.62. The minimum atomic E-state index is -0.555. The van der Waals surface area contributed by atoms with Gasteiger partial charge in [-0.1, -0.05) is 0 Å². The van der Waals surface area contributed by atoms with Crippen molar-refractivity contribution in [2.24, 2.45) is 13.0 Å². The lowest BCUT2D eigenvalue weighted by Gasteiger charge is -2.34. The quantitative estimate of drug-likeness (QED) is 0.945. The van der Waals surface area contributed by atoms with Crippen LogP contribution < -0.4 is 0 Å². The van der Waals surface area contributed by atoms with Gasteiger partial charge in [-0.15, -0.1) is 11.3 Å². The number of carbonyl (C=O) groups is 1. The van der Waals surface area contributed by atoms with Crippen LogP contribution in [0.5, 0.6) is 0 Å². The molecule has 0 spiro atoms. The van der Waals surface area contributed by atoms with Crippen LogP contribution in [0.3, 0.4) is 0 Å². The Morgan fingerprint density at radius 3 is 2.73 bits per heavy atom. The number of thiophene rings is 1. The molecule has 1 atom stereocenters. The zero-order chi connectivity index (χ0) is 15.7. The van der Waals surface area contributed by atoms with E-state index in [4.69, 9.17) is 0 Å². The highest BCUT2D eigenvalue weighted by Gasteiger charge is 2.30. The van der Waals surface area contributed by atoms with E-state index in [0.29, 0.717) is 18.9 Å². The fraction of sp³-hybridized carbons (Fsp3) is 0.500. The largest absolute Gasteiger partial charge is 0.385 e. The van der Waals surface area contributed by atoms with Crippen molar-refractivity contribution in [1.29, 1.82) is 0 Å². The summed E-state index contributed by atoms with van der Waals surface area (Å²) in [6, 6.07) is 1.98. The number of hydrogen-bond donors (Lipinski definition) is 1. The molecule has 1 unspecified atom stereocenters. The number of aromatic nitrogens is 2. The van der Waals surface area contributed by atoms with Crippen molar-refractivity contribution in [1.82, 2.24) is 14.5 Å². The van der Waals surface area contributed by atoms with Crippen LogP contribution in [0.25, 0.3) is 0 Å². The average molecular weight is 319 g/mol. The summed E-state index contributed by atoms with van der Waals surface area (Å²) in [6.07, 6.45) is 4.61. The van der Waals surface area contributed by atoms with E-state index < -0.39 is 6.10 Å². The molecule has 2 aromatic rings. The summed E-state index contributed by atoms with van der Waals surface area (Å²) in [6.45, 7) is 3.37. The van der Waals surface area contributed by atoms with Gasteiger partial charge in [0.25, 0.3) is 5.91 Å². The lowest BCUT2D eigenvalue weighted by atomic mass is 9.90. The molecule has 1 N–H and O–H groups in total. The van der Waals surface area contributed by atoms with Gasteiger partial charge in [0.05, 0.1) is 4.88 Å². The van der Waals surface area contributed by atoms with Crippen LogP contribution in [-0.4, -0.2) is 38.6 Å². The zero-order valence-electron chi connectivity index (χ0n) is 12.9. The molecule has 3 heterocycles. The van der Waals surface area contributed by atoms with Gasteiger partial charge in [0.15, 0.2) is 0 Å². The summed E-state index contributed by atoms with van der Waals surface area (Å²) >= 11 is 1.50. The van der Waals surface area contributed by atoms with E-state index >= 15 is 0 Å². The molecule has 1 amide bonds. The fourth-order valence-electron chi connectivity index (χ4n) is 3.03. The first-order valence-electron chi connectivity index (χ1n) is 7.56. The second-order valence-electron chi connectivity index (χ2n) is 5.90. The maximum atomic E-state index is 12.5. The maximum absolute atomic E-state index is 12.5. The Kier molecular flexibility index (Phi) is 4.31. The average Bonchev–Trinajstić information content (AvgIpc) is 3.14. The molecule has 0 bridgehead atoms. The van der Waals surface area contributed by atoms with Gasteiger partial charge in [-0.05, 0) is 42.7 Å². The number of carbonyl (C=O) groups excluding carboxylic acids is 1. The summed E-state index contributed by atoms with van der Waals surface area (Å²) in [5.41, 5.74) is 1.05. The highest BCUT2D eigenvalue weighted by molar-refractivity contribution is 7.12. The van der Waals surface area contributed by atoms with E-state index in [-0.39, 0.29) is 11.8 Å². The molecule has 1 aliphatic heterocycles. The summed E-state index contributed by atoms with van der Waals surface area (Å²) < 4.78 is 1.86. The van der Waals surface area contributed by atoms with E-state index in [0.717, 1.165) is 23.3 Å². The van der Waals surface area contributed by atoms with Crippen LogP contribution >= 0.6 is 11.3 Å². The van der Waals surface area contributed by atoms with Gasteiger partial charge in [-0.25, -0.2) is 4.98 Å². The maximum Gasteiger partial charge on any atom is 0.264 e. The van der Waals surface area contributed by atoms with Gasteiger partial charge in [0.2, 0.25) is 0 Å². The van der Waals surface area contributed by atoms with E-state index in [9.17, 15) is 9.90 Å². The monoisotopic (exact) mass is 319 g/mol. The molecule has 118 valence electrons. The number of likely N-dealkylation sites (tertiary alicyclic amines) is 1. The highest BCUT2D eigenvalue weighted by Crippen LogP contribution is 2.30. The Labute approximate surface area is 134 Å². The molecular formula is C16H21N3O2S. The smallest absolute Gasteiger partial charge is 0.264 e. The molecule has 1 fully saturated rings. The van der Waals surface area contributed by atoms with Gasteiger partial charge >= 0.3 is 0 Å². The minimum absolute atomic E-state index is 0.123. The van der Waals surface area contributed by atoms with Crippen molar-refractivity contribution in [3.05, 3.63) is 40.1 Å². The van der Waals surface area contributed by atoms with Crippen LogP contribution in [0, 0.1) is 12.8 Å². The Hall–Kier alpha value is -1.66. The topological polar surface area (TPSA) is 58.4 Å². The zero-order valence-corrected chi connectivity index (χ0v) is 13.7. The number of aliphatic hydroxyl groups excluding tert-OH is 1. The molecule has 0 aliphatic carbocycles. The van der Waals surface area contributed by atoms with E-state index in [1.165, 1.54) is 11.3 Å². The minimum Gasteiger partial charge on any atom is -0.385 e. The van der Waals surface area contributed by atoms with Gasteiger partial charge in [-0.3, -0.25) is 4.79 Å². The van der Waals surface area contributed by atoms with Crippen molar-refractivity contribution in [3.63, 3.8) is 0 Å². The first kappa shape index (κ1) is 15.2. The number of amides is 1. The van der Waals surface area contributed by atoms with Crippen LogP contribution in [0.1, 0.15) is 40.0 Å². The van der Waals surface area contributed by atoms with E-state index in [1.807, 2.05) is 41.1 Å². The first-order chi connectivity index (χ1) is 10.6. The van der Waals surface area contributed by atoms with Crippen LogP contribution in [0.2, 0.25) is 0 Å². The van der Waals surface area contributed by atoms with E-state index in [2.05, 4.69) is 4.98 Å². The van der Waals surface area contributed by atoms with Crippen LogP contribution in [-0.2, 0) is 7.05 Å². The number of imidazole rings is 1. The number of aryl methyl sites for hydroxylation is 2. The molecular weight excluding hydrogens is 298 g/mol. The molecule has 5 nitrogen and oxygen atoms in total. The van der Waals surface area contributed by atoms with Crippen molar-refractivity contribution in [2.45, 2.75) is 25.9 Å². The van der Waals surface area contributed by atoms with Gasteiger partial charge in [0, 0.05) is 32.5 Å². The molecule has 2 aromatic heterocycles. The summed E-state index contributed by atoms with van der Waals surface area (Å²) in [5.74, 6) is 0.992. The van der Waals surface area contributed by atoms with Crippen LogP contribution in [0.15, 0.2) is 23.8 Å². The van der Waals surface area contributed by atoms with Gasteiger partial charge in [-0.2, -0.15) is 0 Å². The normalized spacial score (nSPS) is 17.7. The second kappa shape index (κ2) is 6.22. The van der Waals surface area contributed by atoms with Crippen molar-refractivity contribution in [2.75, 3.05) is 13.1 Å². The third kappa shape index (κ3) is 2.80. The SMILES string of the molecule is Cc1ccsc1C(=O)N1CCC(C(O)c2nccn2C)CC1. The van der Waals surface area contributed by atoms with E-state index in [1.54, 1.807) is 6.20 Å². The fourth-order valence-corrected chi connectivity index (χ4v) is 3.92. The lowest BCUT2D eigenvalue weighted by Crippen LogP contribution is -2.40. The standard InChI is InChI=1S/C16H21N3O2S/c1-11-5-10-22-14(11)16(21)19-7-3-12(4-8-19)13(20)15-17-6-9-18(15)2/h5-6,9-10,12-13,20H,3-4,7-8H2,1-2H3. The summed E-state index contributed by atoms with van der Waals surface area (Å²) in [4.78, 5) is 19.5. The second-order valence-corrected chi connectivity index (χ2v) is 6.82. The lowest BCUT2D eigenvalue weighted by molar-refractivity contribution is 0.0422. The molecule has 3 rings (SSSR count). The molecule has 1 aliphatic rings. The van der Waals surface area contributed by atoms with Gasteiger partial charge < -0.3 is 14.6 Å². The van der Waals surface area contributed by atoms with Crippen LogP contribution in [0.4, 0.5) is 0 Å². The Morgan fingerprint density at radius 1 is 1.45 bits per heavy atom. The number of piperidine rings is 1. The third-order valence-electron chi connectivity index (χ3n) is 4.45. The number of aliphatic hydroxyl groups is 1. The number of hydrogen-bond acceptors (Lipinski definition) is 4. The molecule has 0 saturated carbocycles. The molecule has 22 heavy (non-hydrogen) atoms. The van der Waals surface area contributed by atoms with Crippen molar-refractivity contribution >= 4 is 17.2 Å². The Morgan fingerprint density at radius 2 is 2.18 bits per heavy atom. The van der Waals surface area contributed by atoms with Gasteiger partial charge in [0.1, 0.15) is 11.9 Å². The summed E-state index contributed by atoms with van der Waals surface area (Å²) in [7, 11) is 1.89. The van der Waals surface area contributed by atoms with Crippen molar-refractivity contribution in [3.8, 4) is 0 Å². The van der Waals surface area contributed by atoms with Crippen molar-refractivity contribution < 1.29 is 9.90 Å². The first-order valence-corrected chi connectivity index (χ1v) is 8.44. The highest BCUT2D eigenvalue weighted by atomic mass is 32.1. The predicted octanol–water partition coefficient (Wildman–Crippen LogP) is 2.38. The Bertz CT molecular complexity index is 656. The third-order valence-corrected chi connectivity index (χ3v) is 5.46. The number of rotatable bonds is 3. The molecule has 6 heteroatoms. The predicted molar refractivity (Wildman–Crippen MR) is 85.9 cm³/mol.